The quantitative estimate of drug-likeness (QED) is 0.462. The Morgan fingerprint density at radius 2 is 2.07 bits per heavy atom. The maximum atomic E-state index is 5.39. The Morgan fingerprint density at radius 3 is 2.81 bits per heavy atom. The number of furan rings is 1. The van der Waals surface area contributed by atoms with Gasteiger partial charge in [-0.25, -0.2) is 9.98 Å². The van der Waals surface area contributed by atoms with Gasteiger partial charge in [0.15, 0.2) is 5.96 Å². The topological polar surface area (TPSA) is 65.7 Å². The van der Waals surface area contributed by atoms with E-state index in [1.54, 1.807) is 17.6 Å². The summed E-state index contributed by atoms with van der Waals surface area (Å²) in [6.45, 7) is 2.01. The molecule has 0 aromatic carbocycles. The number of aliphatic imine (C=N–C) groups is 1. The van der Waals surface area contributed by atoms with Crippen LogP contribution in [-0.2, 0) is 19.5 Å². The lowest BCUT2D eigenvalue weighted by molar-refractivity contribution is 0.506. The third kappa shape index (κ3) is 6.14. The van der Waals surface area contributed by atoms with E-state index in [4.69, 9.17) is 9.41 Å². The normalized spacial score (nSPS) is 11.4. The highest BCUT2D eigenvalue weighted by molar-refractivity contribution is 7.09. The molecule has 0 aliphatic heterocycles. The van der Waals surface area contributed by atoms with Gasteiger partial charge in [-0.3, -0.25) is 0 Å². The van der Waals surface area contributed by atoms with Crippen LogP contribution in [0.2, 0.25) is 0 Å². The molecule has 0 atom stereocenters. The molecular formula is C20H25N5OS. The van der Waals surface area contributed by atoms with Gasteiger partial charge in [0.1, 0.15) is 11.6 Å². The van der Waals surface area contributed by atoms with Crippen molar-refractivity contribution in [3.8, 4) is 0 Å². The fourth-order valence-electron chi connectivity index (χ4n) is 2.48. The number of anilines is 1. The van der Waals surface area contributed by atoms with Crippen LogP contribution in [0.1, 0.15) is 16.3 Å². The van der Waals surface area contributed by atoms with Crippen molar-refractivity contribution in [1.29, 1.82) is 0 Å². The Bertz CT molecular complexity index is 828. The lowest BCUT2D eigenvalue weighted by Gasteiger charge is -2.13. The standard InChI is InChI=1S/C20H25N5OS/c1-25(2)19-9-3-6-16(24-19)14-22-20(23-15-18-8-5-13-27-18)21-11-10-17-7-4-12-26-17/h3-9,12-13H,10-11,14-15H2,1-2H3,(H2,21,22,23). The highest BCUT2D eigenvalue weighted by Gasteiger charge is 2.03. The summed E-state index contributed by atoms with van der Waals surface area (Å²) in [6.07, 6.45) is 2.50. The average molecular weight is 384 g/mol. The lowest BCUT2D eigenvalue weighted by Crippen LogP contribution is -2.38. The first-order valence-electron chi connectivity index (χ1n) is 8.91. The molecule has 142 valence electrons. The smallest absolute Gasteiger partial charge is 0.191 e. The molecule has 27 heavy (non-hydrogen) atoms. The maximum Gasteiger partial charge on any atom is 0.191 e. The van der Waals surface area contributed by atoms with Crippen LogP contribution in [-0.4, -0.2) is 31.6 Å². The van der Waals surface area contributed by atoms with Gasteiger partial charge in [0.05, 0.1) is 25.0 Å². The van der Waals surface area contributed by atoms with Crippen molar-refractivity contribution in [1.82, 2.24) is 15.6 Å². The van der Waals surface area contributed by atoms with Gasteiger partial charge in [0.25, 0.3) is 0 Å². The Labute approximate surface area is 164 Å². The van der Waals surface area contributed by atoms with Gasteiger partial charge in [0.2, 0.25) is 0 Å². The lowest BCUT2D eigenvalue weighted by atomic mass is 10.3. The van der Waals surface area contributed by atoms with E-state index in [1.165, 1.54) is 4.88 Å². The van der Waals surface area contributed by atoms with Gasteiger partial charge in [-0.05, 0) is 35.7 Å². The summed E-state index contributed by atoms with van der Waals surface area (Å²) in [7, 11) is 3.97. The van der Waals surface area contributed by atoms with Crippen molar-refractivity contribution < 1.29 is 4.42 Å². The van der Waals surface area contributed by atoms with Crippen molar-refractivity contribution in [2.75, 3.05) is 25.5 Å². The average Bonchev–Trinajstić information content (AvgIpc) is 3.37. The van der Waals surface area contributed by atoms with Crippen LogP contribution in [0.5, 0.6) is 0 Å². The molecule has 0 saturated heterocycles. The predicted octanol–water partition coefficient (Wildman–Crippen LogP) is 3.28. The summed E-state index contributed by atoms with van der Waals surface area (Å²) in [5.74, 6) is 2.66. The van der Waals surface area contributed by atoms with Gasteiger partial charge >= 0.3 is 0 Å². The van der Waals surface area contributed by atoms with Gasteiger partial charge in [-0.2, -0.15) is 0 Å². The zero-order chi connectivity index (χ0) is 18.9. The van der Waals surface area contributed by atoms with Crippen molar-refractivity contribution in [3.05, 3.63) is 70.4 Å². The van der Waals surface area contributed by atoms with E-state index in [0.29, 0.717) is 6.54 Å². The molecule has 3 aromatic rings. The van der Waals surface area contributed by atoms with Gasteiger partial charge in [-0.1, -0.05) is 12.1 Å². The Morgan fingerprint density at radius 1 is 1.15 bits per heavy atom. The molecule has 3 rings (SSSR count). The highest BCUT2D eigenvalue weighted by atomic mass is 32.1. The minimum absolute atomic E-state index is 0.516. The number of pyridine rings is 1. The molecule has 0 fully saturated rings. The number of nitrogens with one attached hydrogen (secondary N) is 2. The van der Waals surface area contributed by atoms with E-state index in [9.17, 15) is 0 Å². The van der Waals surface area contributed by atoms with Crippen molar-refractivity contribution >= 4 is 23.1 Å². The molecule has 2 N–H and O–H groups in total. The number of thiophene rings is 1. The molecule has 7 heteroatoms. The second-order valence-corrected chi connectivity index (χ2v) is 7.27. The minimum atomic E-state index is 0.516. The van der Waals surface area contributed by atoms with Gasteiger partial charge in [0, 0.05) is 31.9 Å². The van der Waals surface area contributed by atoms with Crippen molar-refractivity contribution in [2.24, 2.45) is 4.99 Å². The third-order valence-electron chi connectivity index (χ3n) is 3.90. The second-order valence-electron chi connectivity index (χ2n) is 6.24. The molecule has 0 radical (unpaired) electrons. The summed E-state index contributed by atoms with van der Waals surface area (Å²) < 4.78 is 5.39. The Balaban J connectivity index is 1.61. The molecule has 3 aromatic heterocycles. The van der Waals surface area contributed by atoms with Crippen molar-refractivity contribution in [2.45, 2.75) is 19.5 Å². The van der Waals surface area contributed by atoms with Gasteiger partial charge < -0.3 is 20.0 Å². The molecule has 0 bridgehead atoms. The maximum absolute atomic E-state index is 5.39. The third-order valence-corrected chi connectivity index (χ3v) is 4.78. The van der Waals surface area contributed by atoms with E-state index in [-0.39, 0.29) is 0 Å². The Hall–Kier alpha value is -2.80. The number of rotatable bonds is 8. The van der Waals surface area contributed by atoms with E-state index < -0.39 is 0 Å². The summed E-state index contributed by atoms with van der Waals surface area (Å²) in [4.78, 5) is 12.6. The highest BCUT2D eigenvalue weighted by Crippen LogP contribution is 2.09. The monoisotopic (exact) mass is 383 g/mol. The minimum Gasteiger partial charge on any atom is -0.469 e. The molecule has 0 aliphatic carbocycles. The fourth-order valence-corrected chi connectivity index (χ4v) is 3.13. The van der Waals surface area contributed by atoms with E-state index >= 15 is 0 Å². The summed E-state index contributed by atoms with van der Waals surface area (Å²) >= 11 is 1.73. The molecule has 0 amide bonds. The molecular weight excluding hydrogens is 358 g/mol. The van der Waals surface area contributed by atoms with Crippen LogP contribution in [0.3, 0.4) is 0 Å². The number of guanidine groups is 1. The fraction of sp³-hybridized carbons (Fsp3) is 0.300. The summed E-state index contributed by atoms with van der Waals surface area (Å²) in [5, 5.41) is 8.84. The molecule has 3 heterocycles. The predicted molar refractivity (Wildman–Crippen MR) is 111 cm³/mol. The van der Waals surface area contributed by atoms with E-state index in [2.05, 4.69) is 33.1 Å². The van der Waals surface area contributed by atoms with Crippen LogP contribution in [0.4, 0.5) is 5.82 Å². The number of hydrogen-bond donors (Lipinski definition) is 2. The first-order valence-corrected chi connectivity index (χ1v) is 9.79. The van der Waals surface area contributed by atoms with Crippen LogP contribution >= 0.6 is 11.3 Å². The van der Waals surface area contributed by atoms with Crippen LogP contribution in [0.25, 0.3) is 0 Å². The summed E-state index contributed by atoms with van der Waals surface area (Å²) in [6, 6.07) is 14.0. The number of hydrogen-bond acceptors (Lipinski definition) is 5. The molecule has 0 spiro atoms. The SMILES string of the molecule is CN(C)c1cccc(CN=C(NCCc2ccco2)NCc2cccs2)n1. The van der Waals surface area contributed by atoms with E-state index in [0.717, 1.165) is 42.7 Å². The van der Waals surface area contributed by atoms with Gasteiger partial charge in [-0.15, -0.1) is 11.3 Å². The van der Waals surface area contributed by atoms with E-state index in [1.807, 2.05) is 49.3 Å². The first kappa shape index (κ1) is 19.0. The number of aromatic nitrogens is 1. The largest absolute Gasteiger partial charge is 0.469 e. The first-order chi connectivity index (χ1) is 13.2. The number of nitrogens with zero attached hydrogens (tertiary/aromatic N) is 3. The molecule has 6 nitrogen and oxygen atoms in total. The van der Waals surface area contributed by atoms with Crippen molar-refractivity contribution in [3.63, 3.8) is 0 Å². The molecule has 0 aliphatic rings. The van der Waals surface area contributed by atoms with Crippen LogP contribution in [0, 0.1) is 0 Å². The Kier molecular flexibility index (Phi) is 6.87. The van der Waals surface area contributed by atoms with Crippen LogP contribution < -0.4 is 15.5 Å². The second kappa shape index (κ2) is 9.78. The zero-order valence-corrected chi connectivity index (χ0v) is 16.5. The summed E-state index contributed by atoms with van der Waals surface area (Å²) in [5.41, 5.74) is 0.935. The van der Waals surface area contributed by atoms with Crippen LogP contribution in [0.15, 0.2) is 63.5 Å². The molecule has 0 saturated carbocycles. The zero-order valence-electron chi connectivity index (χ0n) is 15.7. The molecule has 0 unspecified atom stereocenters.